The molecule has 0 bridgehead atoms. The monoisotopic (exact) mass is 802 g/mol. The van der Waals surface area contributed by atoms with E-state index < -0.39 is 12.1 Å². The Labute approximate surface area is 359 Å². The van der Waals surface area contributed by atoms with E-state index in [-0.39, 0.29) is 12.5 Å². The van der Waals surface area contributed by atoms with Gasteiger partial charge in [0.1, 0.15) is 0 Å². The first-order chi connectivity index (χ1) is 28.7. The van der Waals surface area contributed by atoms with E-state index in [1.807, 2.05) is 6.08 Å². The summed E-state index contributed by atoms with van der Waals surface area (Å²) in [6.45, 7) is 4.18. The van der Waals surface area contributed by atoms with Crippen molar-refractivity contribution in [3.05, 3.63) is 109 Å². The highest BCUT2D eigenvalue weighted by Gasteiger charge is 2.17. The largest absolute Gasteiger partial charge is 0.394 e. The van der Waals surface area contributed by atoms with E-state index in [0.717, 1.165) is 96.3 Å². The van der Waals surface area contributed by atoms with Gasteiger partial charge in [-0.25, -0.2) is 0 Å². The van der Waals surface area contributed by atoms with Crippen molar-refractivity contribution in [1.29, 1.82) is 0 Å². The first-order valence-corrected chi connectivity index (χ1v) is 24.1. The lowest BCUT2D eigenvalue weighted by atomic mass is 10.0. The summed E-state index contributed by atoms with van der Waals surface area (Å²) in [5, 5.41) is 23.0. The summed E-state index contributed by atoms with van der Waals surface area (Å²) in [4.78, 5) is 12.4. The number of unbranched alkanes of at least 4 members (excludes halogenated alkanes) is 19. The third-order valence-corrected chi connectivity index (χ3v) is 10.3. The van der Waals surface area contributed by atoms with E-state index in [4.69, 9.17) is 0 Å². The first-order valence-electron chi connectivity index (χ1n) is 24.1. The Kier molecular flexibility index (Phi) is 46.0. The number of aliphatic hydroxyl groups is 2. The first kappa shape index (κ1) is 55.0. The number of aliphatic hydroxyl groups excluding tert-OH is 2. The number of hydrogen-bond donors (Lipinski definition) is 3. The molecule has 58 heavy (non-hydrogen) atoms. The molecule has 0 aromatic rings. The van der Waals surface area contributed by atoms with Gasteiger partial charge in [0, 0.05) is 6.42 Å². The Balaban J connectivity index is 3.70. The normalized spacial score (nSPS) is 13.9. The molecule has 0 fully saturated rings. The molecule has 0 radical (unpaired) electrons. The number of carbonyl (C=O) groups is 1. The predicted molar refractivity (Wildman–Crippen MR) is 257 cm³/mol. The average molecular weight is 802 g/mol. The molecule has 0 aliphatic carbocycles. The molecule has 4 nitrogen and oxygen atoms in total. The van der Waals surface area contributed by atoms with Crippen LogP contribution in [0.3, 0.4) is 0 Å². The molecule has 0 saturated heterocycles. The number of amides is 1. The zero-order valence-corrected chi connectivity index (χ0v) is 37.8. The Bertz CT molecular complexity index is 1140. The van der Waals surface area contributed by atoms with Gasteiger partial charge in [0.25, 0.3) is 0 Å². The molecule has 2 unspecified atom stereocenters. The molecule has 0 saturated carbocycles. The Morgan fingerprint density at radius 1 is 0.431 bits per heavy atom. The molecule has 2 atom stereocenters. The van der Waals surface area contributed by atoms with Crippen molar-refractivity contribution >= 4 is 5.91 Å². The van der Waals surface area contributed by atoms with Gasteiger partial charge in [0.15, 0.2) is 0 Å². The standard InChI is InChI=1S/C54H91NO3/c1-3-5-7-9-11-13-15-17-19-21-22-23-24-25-26-27-28-29-30-31-32-34-36-38-40-42-44-46-48-50-54(58)55-52(51-56)53(57)49-47-45-43-41-39-37-35-33-20-18-16-14-12-10-8-6-4-2/h5,7,11,13,17,19,22-23,25-26,28-29,31-32,36,38,47,49,52-53,56-57H,3-4,6,8-10,12,14-16,18,20-21,24,27,30,33-35,37,39-46,48,50-51H2,1-2H3,(H,55,58)/b7-5-,13-11-,19-17-,23-22-,26-25-,29-28-,32-31-,38-36-,49-47+. The third kappa shape index (κ3) is 44.2. The fourth-order valence-corrected chi connectivity index (χ4v) is 6.60. The minimum Gasteiger partial charge on any atom is -0.394 e. The molecule has 4 heteroatoms. The summed E-state index contributed by atoms with van der Waals surface area (Å²) in [7, 11) is 0. The summed E-state index contributed by atoms with van der Waals surface area (Å²) >= 11 is 0. The maximum atomic E-state index is 12.4. The van der Waals surface area contributed by atoms with Crippen LogP contribution in [0.4, 0.5) is 0 Å². The van der Waals surface area contributed by atoms with Gasteiger partial charge in [0.05, 0.1) is 18.8 Å². The fraction of sp³-hybridized carbons (Fsp3) is 0.648. The molecule has 0 rings (SSSR count). The Morgan fingerprint density at radius 2 is 0.759 bits per heavy atom. The van der Waals surface area contributed by atoms with E-state index in [2.05, 4.69) is 116 Å². The van der Waals surface area contributed by atoms with Crippen molar-refractivity contribution in [3.8, 4) is 0 Å². The molecule has 0 aliphatic heterocycles. The summed E-state index contributed by atoms with van der Waals surface area (Å²) in [6, 6.07) is -0.644. The van der Waals surface area contributed by atoms with Gasteiger partial charge >= 0.3 is 0 Å². The van der Waals surface area contributed by atoms with E-state index >= 15 is 0 Å². The van der Waals surface area contributed by atoms with Crippen molar-refractivity contribution in [1.82, 2.24) is 5.32 Å². The molecule has 0 aromatic carbocycles. The summed E-state index contributed by atoms with van der Waals surface area (Å²) in [5.74, 6) is -0.0930. The zero-order chi connectivity index (χ0) is 42.1. The SMILES string of the molecule is CC/C=C\C/C=C\C/C=C\C/C=C\C/C=C\C/C=C\C/C=C\C/C=C\CCCCCCC(=O)NC(CO)C(O)/C=C/CCCCCCCCCCCCCCCCC. The molecule has 0 aromatic heterocycles. The zero-order valence-electron chi connectivity index (χ0n) is 37.8. The number of allylic oxidation sites excluding steroid dienone is 17. The van der Waals surface area contributed by atoms with Crippen LogP contribution in [0.25, 0.3) is 0 Å². The second kappa shape index (κ2) is 48.4. The molecule has 0 spiro atoms. The van der Waals surface area contributed by atoms with E-state index in [0.29, 0.717) is 6.42 Å². The molecule has 1 amide bonds. The maximum Gasteiger partial charge on any atom is 0.220 e. The highest BCUT2D eigenvalue weighted by Crippen LogP contribution is 2.14. The minimum absolute atomic E-state index is 0.0930. The fourth-order valence-electron chi connectivity index (χ4n) is 6.60. The summed E-state index contributed by atoms with van der Waals surface area (Å²) < 4.78 is 0. The van der Waals surface area contributed by atoms with Crippen molar-refractivity contribution in [2.45, 2.75) is 219 Å². The molecule has 330 valence electrons. The lowest BCUT2D eigenvalue weighted by Crippen LogP contribution is -2.45. The second-order valence-electron chi connectivity index (χ2n) is 15.8. The number of nitrogens with one attached hydrogen (secondary N) is 1. The van der Waals surface area contributed by atoms with Crippen LogP contribution in [0.5, 0.6) is 0 Å². The van der Waals surface area contributed by atoms with E-state index in [1.165, 1.54) is 89.9 Å². The van der Waals surface area contributed by atoms with Crippen molar-refractivity contribution in [2.75, 3.05) is 6.61 Å². The van der Waals surface area contributed by atoms with Gasteiger partial charge in [-0.15, -0.1) is 0 Å². The Morgan fingerprint density at radius 3 is 1.14 bits per heavy atom. The molecular weight excluding hydrogens is 711 g/mol. The summed E-state index contributed by atoms with van der Waals surface area (Å²) in [6.07, 6.45) is 73.4. The second-order valence-corrected chi connectivity index (χ2v) is 15.8. The maximum absolute atomic E-state index is 12.4. The van der Waals surface area contributed by atoms with Crippen molar-refractivity contribution in [3.63, 3.8) is 0 Å². The number of carbonyl (C=O) groups excluding carboxylic acids is 1. The van der Waals surface area contributed by atoms with Crippen LogP contribution in [0.1, 0.15) is 206 Å². The molecular formula is C54H91NO3. The predicted octanol–water partition coefficient (Wildman–Crippen LogP) is 15.6. The quantitative estimate of drug-likeness (QED) is 0.0425. The van der Waals surface area contributed by atoms with Gasteiger partial charge in [0.2, 0.25) is 5.91 Å². The lowest BCUT2D eigenvalue weighted by molar-refractivity contribution is -0.123. The molecule has 3 N–H and O–H groups in total. The van der Waals surface area contributed by atoms with Crippen LogP contribution in [0.15, 0.2) is 109 Å². The summed E-state index contributed by atoms with van der Waals surface area (Å²) in [5.41, 5.74) is 0. The number of rotatable bonds is 42. The highest BCUT2D eigenvalue weighted by molar-refractivity contribution is 5.76. The minimum atomic E-state index is -0.858. The van der Waals surface area contributed by atoms with Crippen LogP contribution in [-0.4, -0.2) is 34.9 Å². The smallest absolute Gasteiger partial charge is 0.220 e. The van der Waals surface area contributed by atoms with Crippen LogP contribution in [-0.2, 0) is 4.79 Å². The molecule has 0 aliphatic rings. The van der Waals surface area contributed by atoms with Gasteiger partial charge < -0.3 is 15.5 Å². The highest BCUT2D eigenvalue weighted by atomic mass is 16.3. The van der Waals surface area contributed by atoms with Gasteiger partial charge in [-0.3, -0.25) is 4.79 Å². The van der Waals surface area contributed by atoms with Crippen LogP contribution in [0, 0.1) is 0 Å². The van der Waals surface area contributed by atoms with Gasteiger partial charge in [-0.1, -0.05) is 226 Å². The van der Waals surface area contributed by atoms with E-state index in [9.17, 15) is 15.0 Å². The molecule has 0 heterocycles. The van der Waals surface area contributed by atoms with Crippen molar-refractivity contribution in [2.24, 2.45) is 0 Å². The van der Waals surface area contributed by atoms with Gasteiger partial charge in [-0.2, -0.15) is 0 Å². The van der Waals surface area contributed by atoms with Crippen LogP contribution in [0.2, 0.25) is 0 Å². The van der Waals surface area contributed by atoms with Crippen molar-refractivity contribution < 1.29 is 15.0 Å². The van der Waals surface area contributed by atoms with Crippen LogP contribution >= 0.6 is 0 Å². The number of hydrogen-bond acceptors (Lipinski definition) is 3. The lowest BCUT2D eigenvalue weighted by Gasteiger charge is -2.20. The average Bonchev–Trinajstić information content (AvgIpc) is 3.23. The Hall–Kier alpha value is -2.95. The third-order valence-electron chi connectivity index (χ3n) is 10.3. The topological polar surface area (TPSA) is 69.6 Å². The van der Waals surface area contributed by atoms with Crippen LogP contribution < -0.4 is 5.32 Å². The van der Waals surface area contributed by atoms with Gasteiger partial charge in [-0.05, 0) is 83.5 Å². The van der Waals surface area contributed by atoms with E-state index in [1.54, 1.807) is 6.08 Å².